The van der Waals surface area contributed by atoms with Crippen LogP contribution in [0, 0.1) is 11.3 Å². The molecule has 1 fully saturated rings. The summed E-state index contributed by atoms with van der Waals surface area (Å²) in [6.45, 7) is 5.20. The molecule has 0 bridgehead atoms. The van der Waals surface area contributed by atoms with Crippen molar-refractivity contribution in [3.8, 4) is 6.07 Å². The Balaban J connectivity index is 1.51. The van der Waals surface area contributed by atoms with Crippen LogP contribution in [0.4, 0.5) is 5.69 Å². The van der Waals surface area contributed by atoms with Crippen molar-refractivity contribution in [3.63, 3.8) is 0 Å². The molecule has 4 rings (SSSR count). The number of benzene rings is 2. The van der Waals surface area contributed by atoms with Crippen LogP contribution >= 0.6 is 0 Å². The van der Waals surface area contributed by atoms with E-state index in [0.717, 1.165) is 49.4 Å². The first-order valence-corrected chi connectivity index (χ1v) is 9.23. The van der Waals surface area contributed by atoms with E-state index in [1.807, 2.05) is 24.3 Å². The summed E-state index contributed by atoms with van der Waals surface area (Å²) < 4.78 is 5.42. The highest BCUT2D eigenvalue weighted by atomic mass is 16.5. The van der Waals surface area contributed by atoms with E-state index in [4.69, 9.17) is 4.74 Å². The molecule has 3 aromatic rings. The average Bonchev–Trinajstić information content (AvgIpc) is 2.73. The Morgan fingerprint density at radius 1 is 1.07 bits per heavy atom. The lowest BCUT2D eigenvalue weighted by Gasteiger charge is -2.26. The van der Waals surface area contributed by atoms with Crippen LogP contribution in [0.25, 0.3) is 10.9 Å². The van der Waals surface area contributed by atoms with Crippen molar-refractivity contribution in [2.75, 3.05) is 31.6 Å². The largest absolute Gasteiger partial charge is 0.379 e. The van der Waals surface area contributed by atoms with Crippen molar-refractivity contribution in [1.29, 1.82) is 5.26 Å². The zero-order valence-electron chi connectivity index (χ0n) is 15.2. The van der Waals surface area contributed by atoms with Crippen molar-refractivity contribution in [3.05, 3.63) is 71.4 Å². The van der Waals surface area contributed by atoms with Gasteiger partial charge in [-0.05, 0) is 17.2 Å². The molecule has 2 heterocycles. The first-order chi connectivity index (χ1) is 13.3. The fraction of sp³-hybridized carbons (Fsp3) is 0.273. The lowest BCUT2D eigenvalue weighted by atomic mass is 10.1. The summed E-state index contributed by atoms with van der Waals surface area (Å²) >= 11 is 0. The number of anilines is 1. The highest BCUT2D eigenvalue weighted by Gasteiger charge is 2.11. The van der Waals surface area contributed by atoms with E-state index < -0.39 is 0 Å². The Labute approximate surface area is 159 Å². The number of fused-ring (bicyclic) bond motifs is 1. The van der Waals surface area contributed by atoms with Crippen molar-refractivity contribution >= 4 is 16.6 Å². The van der Waals surface area contributed by atoms with Gasteiger partial charge in [0.05, 0.1) is 30.0 Å². The van der Waals surface area contributed by atoms with Gasteiger partial charge < -0.3 is 10.1 Å². The van der Waals surface area contributed by atoms with Crippen molar-refractivity contribution < 1.29 is 4.74 Å². The van der Waals surface area contributed by atoms with Crippen LogP contribution in [0.2, 0.25) is 0 Å². The van der Waals surface area contributed by atoms with Gasteiger partial charge in [-0.3, -0.25) is 9.88 Å². The van der Waals surface area contributed by atoms with Gasteiger partial charge in [0.1, 0.15) is 6.07 Å². The molecule has 1 N–H and O–H groups in total. The van der Waals surface area contributed by atoms with Gasteiger partial charge in [-0.1, -0.05) is 42.5 Å². The number of para-hydroxylation sites is 1. The van der Waals surface area contributed by atoms with Crippen LogP contribution in [0.15, 0.2) is 54.7 Å². The zero-order valence-corrected chi connectivity index (χ0v) is 15.2. The highest BCUT2D eigenvalue weighted by Crippen LogP contribution is 2.26. The number of aromatic nitrogens is 1. The number of pyridine rings is 1. The van der Waals surface area contributed by atoms with Crippen LogP contribution in [-0.4, -0.2) is 36.2 Å². The lowest BCUT2D eigenvalue weighted by molar-refractivity contribution is 0.0342. The Morgan fingerprint density at radius 2 is 1.89 bits per heavy atom. The van der Waals surface area contributed by atoms with Crippen LogP contribution in [0.5, 0.6) is 0 Å². The first-order valence-electron chi connectivity index (χ1n) is 9.23. The van der Waals surface area contributed by atoms with Crippen LogP contribution < -0.4 is 5.32 Å². The van der Waals surface area contributed by atoms with Gasteiger partial charge in [-0.15, -0.1) is 0 Å². The minimum Gasteiger partial charge on any atom is -0.379 e. The molecular formula is C22H22N4O. The number of rotatable bonds is 5. The standard InChI is InChI=1S/C22H22N4O/c23-13-19-15-24-21-7-2-1-6-20(21)22(19)25-14-17-4-3-5-18(12-17)16-26-8-10-27-11-9-26/h1-7,12,15H,8-11,14,16H2,(H,24,25). The predicted molar refractivity (Wildman–Crippen MR) is 106 cm³/mol. The molecule has 0 unspecified atom stereocenters. The second-order valence-electron chi connectivity index (χ2n) is 6.74. The van der Waals surface area contributed by atoms with Gasteiger partial charge >= 0.3 is 0 Å². The monoisotopic (exact) mass is 358 g/mol. The smallest absolute Gasteiger partial charge is 0.103 e. The van der Waals surface area contributed by atoms with E-state index in [0.29, 0.717) is 12.1 Å². The molecule has 0 aliphatic carbocycles. The van der Waals surface area contributed by atoms with Crippen molar-refractivity contribution in [2.24, 2.45) is 0 Å². The highest BCUT2D eigenvalue weighted by molar-refractivity contribution is 5.93. The summed E-state index contributed by atoms with van der Waals surface area (Å²) in [6.07, 6.45) is 1.64. The van der Waals surface area contributed by atoms with Gasteiger partial charge in [0.15, 0.2) is 0 Å². The number of nitriles is 1. The Bertz CT molecular complexity index is 973. The van der Waals surface area contributed by atoms with Crippen LogP contribution in [0.3, 0.4) is 0 Å². The second-order valence-corrected chi connectivity index (χ2v) is 6.74. The number of hydrogen-bond donors (Lipinski definition) is 1. The molecule has 0 atom stereocenters. The number of morpholine rings is 1. The third kappa shape index (κ3) is 4.08. The lowest BCUT2D eigenvalue weighted by Crippen LogP contribution is -2.35. The summed E-state index contributed by atoms with van der Waals surface area (Å²) in [6, 6.07) is 18.8. The van der Waals surface area contributed by atoms with Crippen molar-refractivity contribution in [1.82, 2.24) is 9.88 Å². The molecular weight excluding hydrogens is 336 g/mol. The third-order valence-corrected chi connectivity index (χ3v) is 4.87. The minimum atomic E-state index is 0.568. The molecule has 5 nitrogen and oxygen atoms in total. The molecule has 1 saturated heterocycles. The topological polar surface area (TPSA) is 61.2 Å². The predicted octanol–water partition coefficient (Wildman–Crippen LogP) is 3.55. The van der Waals surface area contributed by atoms with Gasteiger partial charge in [0.25, 0.3) is 0 Å². The molecule has 1 aliphatic rings. The number of nitrogens with zero attached hydrogens (tertiary/aromatic N) is 3. The average molecular weight is 358 g/mol. The van der Waals surface area contributed by atoms with Gasteiger partial charge in [0, 0.05) is 37.8 Å². The normalized spacial score (nSPS) is 14.8. The third-order valence-electron chi connectivity index (χ3n) is 4.87. The maximum atomic E-state index is 9.46. The molecule has 0 spiro atoms. The van der Waals surface area contributed by atoms with Crippen LogP contribution in [0.1, 0.15) is 16.7 Å². The van der Waals surface area contributed by atoms with Gasteiger partial charge in [0.2, 0.25) is 0 Å². The zero-order chi connectivity index (χ0) is 18.5. The Hall–Kier alpha value is -2.94. The maximum Gasteiger partial charge on any atom is 0.103 e. The molecule has 0 amide bonds. The molecule has 1 aromatic heterocycles. The van der Waals surface area contributed by atoms with Crippen molar-refractivity contribution in [2.45, 2.75) is 13.1 Å². The summed E-state index contributed by atoms with van der Waals surface area (Å²) in [7, 11) is 0. The molecule has 1 aliphatic heterocycles. The Morgan fingerprint density at radius 3 is 2.74 bits per heavy atom. The summed E-state index contributed by atoms with van der Waals surface area (Å²) in [4.78, 5) is 6.79. The number of hydrogen-bond acceptors (Lipinski definition) is 5. The fourth-order valence-corrected chi connectivity index (χ4v) is 3.46. The fourth-order valence-electron chi connectivity index (χ4n) is 3.46. The van der Waals surface area contributed by atoms with Gasteiger partial charge in [-0.25, -0.2) is 0 Å². The SMILES string of the molecule is N#Cc1cnc2ccccc2c1NCc1cccc(CN2CCOCC2)c1. The first kappa shape index (κ1) is 17.5. The van der Waals surface area contributed by atoms with Crippen LogP contribution in [-0.2, 0) is 17.8 Å². The molecule has 0 radical (unpaired) electrons. The van der Waals surface area contributed by atoms with E-state index in [1.54, 1.807) is 6.20 Å². The molecule has 136 valence electrons. The molecule has 27 heavy (non-hydrogen) atoms. The van der Waals surface area contributed by atoms with E-state index in [9.17, 15) is 5.26 Å². The summed E-state index contributed by atoms with van der Waals surface area (Å²) in [5.74, 6) is 0. The Kier molecular flexibility index (Phi) is 5.29. The molecule has 0 saturated carbocycles. The quantitative estimate of drug-likeness (QED) is 0.756. The maximum absolute atomic E-state index is 9.46. The number of ether oxygens (including phenoxy) is 1. The van der Waals surface area contributed by atoms with Gasteiger partial charge in [-0.2, -0.15) is 5.26 Å². The number of nitrogens with one attached hydrogen (secondary N) is 1. The summed E-state index contributed by atoms with van der Waals surface area (Å²) in [5, 5.41) is 13.9. The van der Waals surface area contributed by atoms with E-state index in [2.05, 4.69) is 45.5 Å². The summed E-state index contributed by atoms with van der Waals surface area (Å²) in [5.41, 5.74) is 4.81. The second kappa shape index (κ2) is 8.17. The molecule has 5 heteroatoms. The van der Waals surface area contributed by atoms with E-state index in [-0.39, 0.29) is 0 Å². The minimum absolute atomic E-state index is 0.568. The van der Waals surface area contributed by atoms with E-state index >= 15 is 0 Å². The van der Waals surface area contributed by atoms with E-state index in [1.165, 1.54) is 11.1 Å². The molecule has 2 aromatic carbocycles.